The van der Waals surface area contributed by atoms with Crippen LogP contribution in [0, 0.1) is 0 Å². The molecule has 1 fully saturated rings. The fraction of sp³-hybridized carbons (Fsp3) is 0.333. The highest BCUT2D eigenvalue weighted by molar-refractivity contribution is 5.97. The molecule has 2 heterocycles. The first kappa shape index (κ1) is 8.65. The van der Waals surface area contributed by atoms with Crippen LogP contribution >= 0.6 is 0 Å². The summed E-state index contributed by atoms with van der Waals surface area (Å²) in [7, 11) is 2.02. The fourth-order valence-electron chi connectivity index (χ4n) is 2.27. The molecule has 1 saturated carbocycles. The number of carbonyl (C=O) groups is 1. The lowest BCUT2D eigenvalue weighted by molar-refractivity contribution is 0.112. The maximum absolute atomic E-state index is 11.1. The van der Waals surface area contributed by atoms with Gasteiger partial charge in [0.25, 0.3) is 0 Å². The van der Waals surface area contributed by atoms with Gasteiger partial charge in [0.05, 0.1) is 16.6 Å². The molecule has 0 aromatic carbocycles. The van der Waals surface area contributed by atoms with Crippen LogP contribution in [0.1, 0.15) is 34.8 Å². The summed E-state index contributed by atoms with van der Waals surface area (Å²) in [6.45, 7) is 0. The Balaban J connectivity index is 2.41. The number of aryl methyl sites for hydroxylation is 1. The standard InChI is InChI=1S/C12H12N2O/c1-14-10-3-2-6-13-11(10)9(7-15)12(14)8-4-5-8/h2-3,6-8H,4-5H2,1H3. The van der Waals surface area contributed by atoms with Crippen molar-refractivity contribution in [2.75, 3.05) is 0 Å². The lowest BCUT2D eigenvalue weighted by Crippen LogP contribution is -1.96. The molecule has 0 N–H and O–H groups in total. The van der Waals surface area contributed by atoms with Crippen molar-refractivity contribution in [3.63, 3.8) is 0 Å². The van der Waals surface area contributed by atoms with E-state index in [2.05, 4.69) is 9.55 Å². The summed E-state index contributed by atoms with van der Waals surface area (Å²) in [6.07, 6.45) is 5.09. The first-order valence-corrected chi connectivity index (χ1v) is 5.21. The van der Waals surface area contributed by atoms with Gasteiger partial charge in [-0.15, -0.1) is 0 Å². The largest absolute Gasteiger partial charge is 0.345 e. The number of fused-ring (bicyclic) bond motifs is 1. The van der Waals surface area contributed by atoms with Crippen LogP contribution in [-0.4, -0.2) is 15.8 Å². The van der Waals surface area contributed by atoms with Gasteiger partial charge in [-0.3, -0.25) is 9.78 Å². The predicted molar refractivity (Wildman–Crippen MR) is 58.1 cm³/mol. The van der Waals surface area contributed by atoms with Crippen LogP contribution in [0.4, 0.5) is 0 Å². The smallest absolute Gasteiger partial charge is 0.154 e. The Morgan fingerprint density at radius 3 is 3.00 bits per heavy atom. The second-order valence-electron chi connectivity index (χ2n) is 4.12. The number of aromatic nitrogens is 2. The first-order valence-electron chi connectivity index (χ1n) is 5.21. The molecule has 3 rings (SSSR count). The molecule has 2 aromatic rings. The van der Waals surface area contributed by atoms with Gasteiger partial charge < -0.3 is 4.57 Å². The molecule has 3 heteroatoms. The third-order valence-electron chi connectivity index (χ3n) is 3.12. The number of rotatable bonds is 2. The zero-order valence-corrected chi connectivity index (χ0v) is 8.60. The van der Waals surface area contributed by atoms with E-state index in [-0.39, 0.29) is 0 Å². The summed E-state index contributed by atoms with van der Waals surface area (Å²) in [6, 6.07) is 3.93. The molecule has 0 atom stereocenters. The highest BCUT2D eigenvalue weighted by atomic mass is 16.1. The molecule has 1 aliphatic rings. The van der Waals surface area contributed by atoms with Crippen LogP contribution in [0.5, 0.6) is 0 Å². The maximum Gasteiger partial charge on any atom is 0.154 e. The molecule has 2 aromatic heterocycles. The second kappa shape index (κ2) is 2.92. The molecule has 0 bridgehead atoms. The number of hydrogen-bond acceptors (Lipinski definition) is 2. The Morgan fingerprint density at radius 2 is 2.33 bits per heavy atom. The Hall–Kier alpha value is -1.64. The minimum absolute atomic E-state index is 0.574. The van der Waals surface area contributed by atoms with Gasteiger partial charge in [-0.25, -0.2) is 0 Å². The van der Waals surface area contributed by atoms with Crippen LogP contribution < -0.4 is 0 Å². The monoisotopic (exact) mass is 200 g/mol. The van der Waals surface area contributed by atoms with Crippen molar-refractivity contribution in [2.45, 2.75) is 18.8 Å². The number of carbonyl (C=O) groups excluding carboxylic acids is 1. The van der Waals surface area contributed by atoms with Crippen LogP contribution in [0.25, 0.3) is 11.0 Å². The molecule has 0 saturated heterocycles. The molecule has 0 amide bonds. The summed E-state index contributed by atoms with van der Waals surface area (Å²) < 4.78 is 2.11. The third kappa shape index (κ3) is 1.12. The number of hydrogen-bond donors (Lipinski definition) is 0. The lowest BCUT2D eigenvalue weighted by atomic mass is 10.2. The molecule has 0 spiro atoms. The van der Waals surface area contributed by atoms with Crippen LogP contribution in [-0.2, 0) is 7.05 Å². The molecule has 1 aliphatic carbocycles. The van der Waals surface area contributed by atoms with Crippen molar-refractivity contribution in [2.24, 2.45) is 7.05 Å². The van der Waals surface area contributed by atoms with Gasteiger partial charge in [-0.05, 0) is 25.0 Å². The van der Waals surface area contributed by atoms with Crippen molar-refractivity contribution < 1.29 is 4.79 Å². The third-order valence-corrected chi connectivity index (χ3v) is 3.12. The number of pyridine rings is 1. The minimum Gasteiger partial charge on any atom is -0.345 e. The van der Waals surface area contributed by atoms with Gasteiger partial charge in [0, 0.05) is 24.9 Å². The Kier molecular flexibility index (Phi) is 1.69. The summed E-state index contributed by atoms with van der Waals surface area (Å²) in [5, 5.41) is 0. The summed E-state index contributed by atoms with van der Waals surface area (Å²) in [5.74, 6) is 0.574. The van der Waals surface area contributed by atoms with Gasteiger partial charge in [-0.1, -0.05) is 0 Å². The van der Waals surface area contributed by atoms with E-state index in [0.29, 0.717) is 5.92 Å². The van der Waals surface area contributed by atoms with E-state index in [9.17, 15) is 4.79 Å². The fourth-order valence-corrected chi connectivity index (χ4v) is 2.27. The van der Waals surface area contributed by atoms with E-state index in [1.54, 1.807) is 6.20 Å². The Labute approximate surface area is 87.7 Å². The predicted octanol–water partition coefficient (Wildman–Crippen LogP) is 2.26. The average Bonchev–Trinajstić information content (AvgIpc) is 3.05. The van der Waals surface area contributed by atoms with Gasteiger partial charge in [0.15, 0.2) is 6.29 Å². The number of nitrogens with zero attached hydrogens (tertiary/aromatic N) is 2. The molecule has 0 aliphatic heterocycles. The minimum atomic E-state index is 0.574. The molecule has 15 heavy (non-hydrogen) atoms. The summed E-state index contributed by atoms with van der Waals surface area (Å²) in [5.41, 5.74) is 3.85. The zero-order valence-electron chi connectivity index (χ0n) is 8.60. The van der Waals surface area contributed by atoms with Crippen molar-refractivity contribution in [1.82, 2.24) is 9.55 Å². The zero-order chi connectivity index (χ0) is 10.4. The Morgan fingerprint density at radius 1 is 1.53 bits per heavy atom. The molecule has 0 unspecified atom stereocenters. The molecule has 3 nitrogen and oxygen atoms in total. The normalized spacial score (nSPS) is 15.8. The highest BCUT2D eigenvalue weighted by Crippen LogP contribution is 2.43. The van der Waals surface area contributed by atoms with E-state index in [0.717, 1.165) is 22.9 Å². The van der Waals surface area contributed by atoms with E-state index in [4.69, 9.17) is 0 Å². The maximum atomic E-state index is 11.1. The van der Waals surface area contributed by atoms with Crippen LogP contribution in [0.15, 0.2) is 18.3 Å². The molecule has 76 valence electrons. The van der Waals surface area contributed by atoms with Gasteiger partial charge >= 0.3 is 0 Å². The highest BCUT2D eigenvalue weighted by Gasteiger charge is 2.30. The SMILES string of the molecule is Cn1c(C2CC2)c(C=O)c2ncccc21. The van der Waals surface area contributed by atoms with E-state index < -0.39 is 0 Å². The summed E-state index contributed by atoms with van der Waals surface area (Å²) in [4.78, 5) is 15.4. The topological polar surface area (TPSA) is 34.9 Å². The lowest BCUT2D eigenvalue weighted by Gasteiger charge is -2.01. The van der Waals surface area contributed by atoms with Crippen molar-refractivity contribution in [1.29, 1.82) is 0 Å². The van der Waals surface area contributed by atoms with Crippen LogP contribution in [0.2, 0.25) is 0 Å². The first-order chi connectivity index (χ1) is 7.33. The second-order valence-corrected chi connectivity index (χ2v) is 4.12. The molecular weight excluding hydrogens is 188 g/mol. The molecular formula is C12H12N2O. The van der Waals surface area contributed by atoms with Gasteiger partial charge in [0.1, 0.15) is 0 Å². The number of aldehydes is 1. The van der Waals surface area contributed by atoms with Gasteiger partial charge in [-0.2, -0.15) is 0 Å². The summed E-state index contributed by atoms with van der Waals surface area (Å²) >= 11 is 0. The van der Waals surface area contributed by atoms with Crippen molar-refractivity contribution in [3.8, 4) is 0 Å². The van der Waals surface area contributed by atoms with E-state index >= 15 is 0 Å². The van der Waals surface area contributed by atoms with Crippen molar-refractivity contribution in [3.05, 3.63) is 29.6 Å². The van der Waals surface area contributed by atoms with Crippen LogP contribution in [0.3, 0.4) is 0 Å². The molecule has 0 radical (unpaired) electrons. The van der Waals surface area contributed by atoms with Gasteiger partial charge in [0.2, 0.25) is 0 Å². The quantitative estimate of drug-likeness (QED) is 0.697. The van der Waals surface area contributed by atoms with Crippen molar-refractivity contribution >= 4 is 17.3 Å². The Bertz CT molecular complexity index is 538. The van der Waals surface area contributed by atoms with E-state index in [1.165, 1.54) is 18.5 Å². The average molecular weight is 200 g/mol. The van der Waals surface area contributed by atoms with E-state index in [1.807, 2.05) is 19.2 Å².